The van der Waals surface area contributed by atoms with E-state index in [1.54, 1.807) is 0 Å². The molecular formula is C13H7ClFNO3S. The molecule has 0 aliphatic rings. The largest absolute Gasteiger partial charge is 0.377 e. The summed E-state index contributed by atoms with van der Waals surface area (Å²) in [6, 6.07) is 10.2. The number of halogens is 2. The van der Waals surface area contributed by atoms with Crippen LogP contribution in [0.1, 0.15) is 5.56 Å². The van der Waals surface area contributed by atoms with Crippen LogP contribution in [0, 0.1) is 17.1 Å². The molecule has 2 aromatic carbocycles. The van der Waals surface area contributed by atoms with Crippen LogP contribution in [0.2, 0.25) is 5.02 Å². The van der Waals surface area contributed by atoms with E-state index < -0.39 is 15.9 Å². The van der Waals surface area contributed by atoms with Crippen molar-refractivity contribution in [3.05, 3.63) is 58.9 Å². The van der Waals surface area contributed by atoms with Crippen molar-refractivity contribution in [2.75, 3.05) is 0 Å². The molecule has 0 atom stereocenters. The molecule has 102 valence electrons. The lowest BCUT2D eigenvalue weighted by atomic mass is 10.2. The number of hydrogen-bond acceptors (Lipinski definition) is 4. The van der Waals surface area contributed by atoms with Crippen molar-refractivity contribution < 1.29 is 17.0 Å². The molecule has 0 bridgehead atoms. The van der Waals surface area contributed by atoms with Gasteiger partial charge in [-0.25, -0.2) is 4.39 Å². The molecule has 0 aliphatic carbocycles. The fourth-order valence-electron chi connectivity index (χ4n) is 1.43. The van der Waals surface area contributed by atoms with Gasteiger partial charge in [-0.05, 0) is 36.4 Å². The molecule has 0 saturated heterocycles. The van der Waals surface area contributed by atoms with Crippen molar-refractivity contribution in [3.8, 4) is 11.8 Å². The Morgan fingerprint density at radius 1 is 1.20 bits per heavy atom. The monoisotopic (exact) mass is 311 g/mol. The van der Waals surface area contributed by atoms with E-state index in [2.05, 4.69) is 0 Å². The molecule has 0 saturated carbocycles. The fourth-order valence-corrected chi connectivity index (χ4v) is 2.67. The van der Waals surface area contributed by atoms with Gasteiger partial charge in [0.1, 0.15) is 10.7 Å². The van der Waals surface area contributed by atoms with Crippen LogP contribution in [0.15, 0.2) is 47.4 Å². The second-order valence-electron chi connectivity index (χ2n) is 3.75. The number of benzene rings is 2. The van der Waals surface area contributed by atoms with E-state index in [1.807, 2.05) is 6.07 Å². The summed E-state index contributed by atoms with van der Waals surface area (Å²) < 4.78 is 41.8. The molecule has 7 heteroatoms. The van der Waals surface area contributed by atoms with Crippen molar-refractivity contribution >= 4 is 21.7 Å². The predicted molar refractivity (Wildman–Crippen MR) is 70.4 cm³/mol. The normalized spacial score (nSPS) is 10.8. The average Bonchev–Trinajstić information content (AvgIpc) is 2.41. The van der Waals surface area contributed by atoms with Gasteiger partial charge in [-0.2, -0.15) is 13.7 Å². The Morgan fingerprint density at radius 3 is 2.55 bits per heavy atom. The molecule has 0 heterocycles. The Hall–Kier alpha value is -2.10. The smallest absolute Gasteiger partial charge is 0.339 e. The van der Waals surface area contributed by atoms with E-state index in [0.29, 0.717) is 0 Å². The molecular weight excluding hydrogens is 305 g/mol. The van der Waals surface area contributed by atoms with E-state index in [-0.39, 0.29) is 21.2 Å². The Bertz CT molecular complexity index is 800. The first-order valence-electron chi connectivity index (χ1n) is 5.32. The quantitative estimate of drug-likeness (QED) is 0.817. The van der Waals surface area contributed by atoms with E-state index in [0.717, 1.165) is 12.1 Å². The molecule has 0 unspecified atom stereocenters. The first-order chi connectivity index (χ1) is 9.42. The summed E-state index contributed by atoms with van der Waals surface area (Å²) >= 11 is 5.82. The minimum atomic E-state index is -4.19. The minimum absolute atomic E-state index is 0.0240. The molecule has 0 N–H and O–H groups in total. The van der Waals surface area contributed by atoms with E-state index in [9.17, 15) is 12.8 Å². The molecule has 0 aromatic heterocycles. The number of nitriles is 1. The van der Waals surface area contributed by atoms with Gasteiger partial charge in [0, 0.05) is 0 Å². The van der Waals surface area contributed by atoms with Gasteiger partial charge in [0.25, 0.3) is 0 Å². The van der Waals surface area contributed by atoms with Crippen LogP contribution in [0.3, 0.4) is 0 Å². The Kier molecular flexibility index (Phi) is 3.93. The van der Waals surface area contributed by atoms with E-state index >= 15 is 0 Å². The highest BCUT2D eigenvalue weighted by molar-refractivity contribution is 7.87. The highest BCUT2D eigenvalue weighted by Gasteiger charge is 2.19. The highest BCUT2D eigenvalue weighted by Crippen LogP contribution is 2.28. The Labute approximate surface area is 120 Å². The maximum absolute atomic E-state index is 13.0. The summed E-state index contributed by atoms with van der Waals surface area (Å²) in [5.74, 6) is -0.824. The summed E-state index contributed by atoms with van der Waals surface area (Å²) in [7, 11) is -4.19. The first-order valence-corrected chi connectivity index (χ1v) is 7.11. The van der Waals surface area contributed by atoms with Gasteiger partial charge < -0.3 is 4.18 Å². The third-order valence-corrected chi connectivity index (χ3v) is 3.87. The molecule has 0 aliphatic heterocycles. The molecule has 0 radical (unpaired) electrons. The topological polar surface area (TPSA) is 67.2 Å². The van der Waals surface area contributed by atoms with Crippen molar-refractivity contribution in [2.45, 2.75) is 4.90 Å². The zero-order valence-corrected chi connectivity index (χ0v) is 11.5. The first kappa shape index (κ1) is 14.3. The van der Waals surface area contributed by atoms with Crippen LogP contribution in [0.4, 0.5) is 4.39 Å². The van der Waals surface area contributed by atoms with Gasteiger partial charge in [-0.1, -0.05) is 17.7 Å². The van der Waals surface area contributed by atoms with Crippen molar-refractivity contribution in [1.29, 1.82) is 5.26 Å². The minimum Gasteiger partial charge on any atom is -0.377 e. The van der Waals surface area contributed by atoms with Gasteiger partial charge in [-0.15, -0.1) is 0 Å². The maximum atomic E-state index is 13.0. The van der Waals surface area contributed by atoms with Gasteiger partial charge in [0.05, 0.1) is 16.7 Å². The number of hydrogen-bond donors (Lipinski definition) is 0. The van der Waals surface area contributed by atoms with Gasteiger partial charge in [0.15, 0.2) is 5.75 Å². The molecule has 0 fully saturated rings. The summed E-state index contributed by atoms with van der Waals surface area (Å²) in [6.07, 6.45) is 0. The van der Waals surface area contributed by atoms with Crippen molar-refractivity contribution in [1.82, 2.24) is 0 Å². The van der Waals surface area contributed by atoms with Gasteiger partial charge in [-0.3, -0.25) is 0 Å². The van der Waals surface area contributed by atoms with Gasteiger partial charge in [0.2, 0.25) is 0 Å². The predicted octanol–water partition coefficient (Wildman–Crippen LogP) is 3.12. The SMILES string of the molecule is N#Cc1ccc(OS(=O)(=O)c2cccc(F)c2)c(Cl)c1. The van der Waals surface area contributed by atoms with Crippen LogP contribution in [-0.4, -0.2) is 8.42 Å². The second kappa shape index (κ2) is 5.49. The Morgan fingerprint density at radius 2 is 1.95 bits per heavy atom. The summed E-state index contributed by atoms with van der Waals surface area (Å²) in [5, 5.41) is 8.66. The lowest BCUT2D eigenvalue weighted by Gasteiger charge is -2.08. The second-order valence-corrected chi connectivity index (χ2v) is 5.71. The van der Waals surface area contributed by atoms with Crippen LogP contribution in [0.5, 0.6) is 5.75 Å². The third-order valence-electron chi connectivity index (χ3n) is 2.35. The summed E-state index contributed by atoms with van der Waals surface area (Å²) in [5.41, 5.74) is 0.269. The van der Waals surface area contributed by atoms with Crippen molar-refractivity contribution in [3.63, 3.8) is 0 Å². The lowest BCUT2D eigenvalue weighted by Crippen LogP contribution is -2.10. The fraction of sp³-hybridized carbons (Fsp3) is 0. The zero-order valence-electron chi connectivity index (χ0n) is 9.88. The summed E-state index contributed by atoms with van der Waals surface area (Å²) in [4.78, 5) is -0.321. The molecule has 0 spiro atoms. The van der Waals surface area contributed by atoms with Crippen LogP contribution in [0.25, 0.3) is 0 Å². The molecule has 20 heavy (non-hydrogen) atoms. The molecule has 4 nitrogen and oxygen atoms in total. The third kappa shape index (κ3) is 3.07. The van der Waals surface area contributed by atoms with Crippen molar-refractivity contribution in [2.24, 2.45) is 0 Å². The summed E-state index contributed by atoms with van der Waals surface area (Å²) in [6.45, 7) is 0. The van der Waals surface area contributed by atoms with Crippen LogP contribution < -0.4 is 4.18 Å². The lowest BCUT2D eigenvalue weighted by molar-refractivity contribution is 0.485. The van der Waals surface area contributed by atoms with Crippen LogP contribution >= 0.6 is 11.6 Å². The number of nitrogens with zero attached hydrogens (tertiary/aromatic N) is 1. The maximum Gasteiger partial charge on any atom is 0.339 e. The zero-order chi connectivity index (χ0) is 14.8. The molecule has 2 aromatic rings. The van der Waals surface area contributed by atoms with E-state index in [1.165, 1.54) is 30.3 Å². The molecule has 2 rings (SSSR count). The van der Waals surface area contributed by atoms with E-state index in [4.69, 9.17) is 21.0 Å². The standard InChI is InChI=1S/C13H7ClFNO3S/c14-12-6-9(8-16)4-5-13(12)19-20(17,18)11-3-1-2-10(15)7-11/h1-7H. The number of rotatable bonds is 3. The van der Waals surface area contributed by atoms with Crippen LogP contribution in [-0.2, 0) is 10.1 Å². The average molecular weight is 312 g/mol. The Balaban J connectivity index is 2.36. The van der Waals surface area contributed by atoms with Gasteiger partial charge >= 0.3 is 10.1 Å². The molecule has 0 amide bonds. The highest BCUT2D eigenvalue weighted by atomic mass is 35.5.